The lowest BCUT2D eigenvalue weighted by Gasteiger charge is -2.26. The highest BCUT2D eigenvalue weighted by molar-refractivity contribution is 7.12. The Morgan fingerprint density at radius 1 is 1.12 bits per heavy atom. The van der Waals surface area contributed by atoms with Crippen LogP contribution in [-0.2, 0) is 16.1 Å². The van der Waals surface area contributed by atoms with Crippen molar-refractivity contribution in [1.29, 1.82) is 0 Å². The van der Waals surface area contributed by atoms with Crippen LogP contribution in [0, 0.1) is 12.7 Å². The third kappa shape index (κ3) is 3.26. The average Bonchev–Trinajstić information content (AvgIpc) is 2.95. The van der Waals surface area contributed by atoms with Gasteiger partial charge in [-0.25, -0.2) is 9.18 Å². The van der Waals surface area contributed by atoms with Crippen LogP contribution in [0.4, 0.5) is 9.18 Å². The second kappa shape index (κ2) is 6.37. The quantitative estimate of drug-likeness (QED) is 0.688. The molecule has 3 rings (SSSR count). The lowest BCUT2D eigenvalue weighted by Crippen LogP contribution is -2.53. The number of amides is 4. The molecule has 0 atom stereocenters. The summed E-state index contributed by atoms with van der Waals surface area (Å²) in [5.41, 5.74) is 0.485. The van der Waals surface area contributed by atoms with Gasteiger partial charge in [-0.15, -0.1) is 11.3 Å². The number of rotatable bonds is 3. The summed E-state index contributed by atoms with van der Waals surface area (Å²) in [6.45, 7) is 1.87. The van der Waals surface area contributed by atoms with Crippen molar-refractivity contribution in [2.75, 3.05) is 0 Å². The van der Waals surface area contributed by atoms with Crippen LogP contribution < -0.4 is 5.32 Å². The van der Waals surface area contributed by atoms with Crippen molar-refractivity contribution in [3.63, 3.8) is 0 Å². The molecule has 122 valence electrons. The van der Waals surface area contributed by atoms with Crippen LogP contribution >= 0.6 is 11.3 Å². The van der Waals surface area contributed by atoms with Crippen molar-refractivity contribution in [1.82, 2.24) is 10.2 Å². The molecule has 0 spiro atoms. The number of carbonyl (C=O) groups is 3. The standard InChI is InChI=1S/C17H13FN2O3S/c1-10-2-7-13(24-10)8-14-15(21)19-17(23)20(16(14)22)9-11-3-5-12(18)6-4-11/h2-8H,9H2,1H3,(H,19,21,23)/b14-8-. The number of nitrogens with zero attached hydrogens (tertiary/aromatic N) is 1. The van der Waals surface area contributed by atoms with Crippen LogP contribution in [0.1, 0.15) is 15.3 Å². The normalized spacial score (nSPS) is 16.7. The molecule has 0 unspecified atom stereocenters. The molecule has 0 aliphatic carbocycles. The Morgan fingerprint density at radius 2 is 1.83 bits per heavy atom. The summed E-state index contributed by atoms with van der Waals surface area (Å²) in [5.74, 6) is -1.79. The minimum absolute atomic E-state index is 0.0426. The number of benzene rings is 1. The Labute approximate surface area is 141 Å². The number of halogens is 1. The van der Waals surface area contributed by atoms with Crippen LogP contribution in [0.5, 0.6) is 0 Å². The molecule has 1 N–H and O–H groups in total. The first-order valence-electron chi connectivity index (χ1n) is 7.14. The molecule has 1 saturated heterocycles. The third-order valence-corrected chi connectivity index (χ3v) is 4.44. The topological polar surface area (TPSA) is 66.5 Å². The second-order valence-electron chi connectivity index (χ2n) is 5.28. The summed E-state index contributed by atoms with van der Waals surface area (Å²) in [4.78, 5) is 39.2. The van der Waals surface area contributed by atoms with E-state index in [4.69, 9.17) is 0 Å². The smallest absolute Gasteiger partial charge is 0.273 e. The molecule has 4 amide bonds. The van der Waals surface area contributed by atoms with Gasteiger partial charge in [0.05, 0.1) is 6.54 Å². The Balaban J connectivity index is 1.88. The highest BCUT2D eigenvalue weighted by Crippen LogP contribution is 2.21. The number of hydrogen-bond acceptors (Lipinski definition) is 4. The van der Waals surface area contributed by atoms with E-state index in [2.05, 4.69) is 5.32 Å². The summed E-state index contributed by atoms with van der Waals surface area (Å²) in [5, 5.41) is 2.16. The van der Waals surface area contributed by atoms with Gasteiger partial charge in [-0.05, 0) is 42.8 Å². The molecule has 5 nitrogen and oxygen atoms in total. The first-order chi connectivity index (χ1) is 11.4. The molecular weight excluding hydrogens is 331 g/mol. The van der Waals surface area contributed by atoms with Gasteiger partial charge in [0.1, 0.15) is 11.4 Å². The first kappa shape index (κ1) is 16.1. The summed E-state index contributed by atoms with van der Waals surface area (Å²) < 4.78 is 13.0. The van der Waals surface area contributed by atoms with Gasteiger partial charge in [-0.1, -0.05) is 12.1 Å². The van der Waals surface area contributed by atoms with Crippen molar-refractivity contribution < 1.29 is 18.8 Å². The van der Waals surface area contributed by atoms with Crippen LogP contribution in [-0.4, -0.2) is 22.7 Å². The van der Waals surface area contributed by atoms with E-state index < -0.39 is 23.7 Å². The summed E-state index contributed by atoms with van der Waals surface area (Å²) >= 11 is 1.44. The second-order valence-corrected chi connectivity index (χ2v) is 6.60. The van der Waals surface area contributed by atoms with Crippen molar-refractivity contribution in [2.24, 2.45) is 0 Å². The van der Waals surface area contributed by atoms with Crippen LogP contribution in [0.15, 0.2) is 42.0 Å². The molecule has 1 fully saturated rings. The maximum Gasteiger partial charge on any atom is 0.331 e. The number of aryl methyl sites for hydroxylation is 1. The molecule has 24 heavy (non-hydrogen) atoms. The fraction of sp³-hybridized carbons (Fsp3) is 0.118. The predicted octanol–water partition coefficient (Wildman–Crippen LogP) is 2.86. The predicted molar refractivity (Wildman–Crippen MR) is 87.5 cm³/mol. The third-order valence-electron chi connectivity index (χ3n) is 3.49. The van der Waals surface area contributed by atoms with E-state index in [0.717, 1.165) is 14.7 Å². The maximum atomic E-state index is 13.0. The average molecular weight is 344 g/mol. The molecule has 2 aromatic rings. The van der Waals surface area contributed by atoms with Crippen molar-refractivity contribution in [3.8, 4) is 0 Å². The van der Waals surface area contributed by atoms with Gasteiger partial charge in [0.15, 0.2) is 0 Å². The molecule has 7 heteroatoms. The van der Waals surface area contributed by atoms with Gasteiger partial charge in [0.2, 0.25) is 0 Å². The zero-order valence-electron chi connectivity index (χ0n) is 12.7. The lowest BCUT2D eigenvalue weighted by atomic mass is 10.1. The van der Waals surface area contributed by atoms with Crippen molar-refractivity contribution in [2.45, 2.75) is 13.5 Å². The van der Waals surface area contributed by atoms with E-state index >= 15 is 0 Å². The highest BCUT2D eigenvalue weighted by Gasteiger charge is 2.35. The van der Waals surface area contributed by atoms with E-state index in [9.17, 15) is 18.8 Å². The van der Waals surface area contributed by atoms with Crippen molar-refractivity contribution >= 4 is 35.3 Å². The Kier molecular flexibility index (Phi) is 4.26. The van der Waals surface area contributed by atoms with E-state index in [-0.39, 0.29) is 12.1 Å². The fourth-order valence-electron chi connectivity index (χ4n) is 2.28. The number of imide groups is 2. The number of hydrogen-bond donors (Lipinski definition) is 1. The maximum absolute atomic E-state index is 13.0. The van der Waals surface area contributed by atoms with Crippen molar-refractivity contribution in [3.05, 3.63) is 63.1 Å². The van der Waals surface area contributed by atoms with Crippen LogP contribution in [0.3, 0.4) is 0 Å². The number of nitrogens with one attached hydrogen (secondary N) is 1. The summed E-state index contributed by atoms with van der Waals surface area (Å²) in [7, 11) is 0. The van der Waals surface area contributed by atoms with Gasteiger partial charge >= 0.3 is 6.03 Å². The molecule has 1 aromatic heterocycles. The number of carbonyl (C=O) groups excluding carboxylic acids is 3. The Morgan fingerprint density at radius 3 is 2.46 bits per heavy atom. The van der Waals surface area contributed by atoms with Gasteiger partial charge in [-0.2, -0.15) is 0 Å². The van der Waals surface area contributed by atoms with E-state index in [1.54, 1.807) is 6.07 Å². The van der Waals surface area contributed by atoms with E-state index in [1.807, 2.05) is 13.0 Å². The molecule has 0 saturated carbocycles. The molecule has 0 radical (unpaired) electrons. The van der Waals surface area contributed by atoms with Gasteiger partial charge in [-0.3, -0.25) is 19.8 Å². The fourth-order valence-corrected chi connectivity index (χ4v) is 3.10. The molecule has 0 bridgehead atoms. The lowest BCUT2D eigenvalue weighted by molar-refractivity contribution is -0.130. The van der Waals surface area contributed by atoms with Gasteiger partial charge in [0.25, 0.3) is 11.8 Å². The first-order valence-corrected chi connectivity index (χ1v) is 7.95. The zero-order valence-corrected chi connectivity index (χ0v) is 13.5. The van der Waals surface area contributed by atoms with Crippen LogP contribution in [0.25, 0.3) is 6.08 Å². The monoisotopic (exact) mass is 344 g/mol. The van der Waals surface area contributed by atoms with E-state index in [1.165, 1.54) is 41.7 Å². The van der Waals surface area contributed by atoms with Crippen LogP contribution in [0.2, 0.25) is 0 Å². The number of barbiturate groups is 1. The largest absolute Gasteiger partial charge is 0.331 e. The van der Waals surface area contributed by atoms with E-state index in [0.29, 0.717) is 5.56 Å². The molecule has 1 aromatic carbocycles. The summed E-state index contributed by atoms with van der Waals surface area (Å²) in [6.07, 6.45) is 1.47. The number of urea groups is 1. The van der Waals surface area contributed by atoms with Gasteiger partial charge in [0, 0.05) is 9.75 Å². The molecule has 2 heterocycles. The highest BCUT2D eigenvalue weighted by atomic mass is 32.1. The molecule has 1 aliphatic rings. The number of thiophene rings is 1. The minimum Gasteiger partial charge on any atom is -0.273 e. The SMILES string of the molecule is Cc1ccc(/C=C2/C(=O)NC(=O)N(Cc3ccc(F)cc3)C2=O)s1. The Hall–Kier alpha value is -2.80. The molecular formula is C17H13FN2O3S. The minimum atomic E-state index is -0.783. The summed E-state index contributed by atoms with van der Waals surface area (Å²) in [6, 6.07) is 8.36. The Bertz CT molecular complexity index is 855. The molecule has 1 aliphatic heterocycles. The van der Waals surface area contributed by atoms with Gasteiger partial charge < -0.3 is 0 Å². The zero-order chi connectivity index (χ0) is 17.3.